The fourth-order valence-electron chi connectivity index (χ4n) is 3.44. The highest BCUT2D eigenvalue weighted by molar-refractivity contribution is 5.76. The topological polar surface area (TPSA) is 43.8 Å². The summed E-state index contributed by atoms with van der Waals surface area (Å²) < 4.78 is 0. The second-order valence-electron chi connectivity index (χ2n) is 5.63. The molecule has 2 unspecified atom stereocenters. The number of nitrogens with zero attached hydrogens (tertiary/aromatic N) is 2. The number of carboxylic acids is 1. The summed E-state index contributed by atoms with van der Waals surface area (Å²) in [5.41, 5.74) is 2.17. The van der Waals surface area contributed by atoms with E-state index in [0.29, 0.717) is 6.04 Å². The Morgan fingerprint density at radius 3 is 2.79 bits per heavy atom. The molecule has 0 bridgehead atoms. The minimum atomic E-state index is -0.721. The van der Waals surface area contributed by atoms with Crippen LogP contribution in [-0.2, 0) is 11.2 Å². The van der Waals surface area contributed by atoms with Crippen molar-refractivity contribution in [2.75, 3.05) is 26.7 Å². The molecule has 0 spiro atoms. The molecule has 0 aromatic heterocycles. The van der Waals surface area contributed by atoms with Gasteiger partial charge in [0.25, 0.3) is 0 Å². The van der Waals surface area contributed by atoms with Crippen molar-refractivity contribution in [3.05, 3.63) is 35.4 Å². The zero-order valence-electron chi connectivity index (χ0n) is 11.2. The van der Waals surface area contributed by atoms with Crippen molar-refractivity contribution >= 4 is 5.97 Å². The summed E-state index contributed by atoms with van der Waals surface area (Å²) >= 11 is 0. The first-order chi connectivity index (χ1) is 9.16. The number of likely N-dealkylation sites (tertiary alicyclic amines) is 1. The van der Waals surface area contributed by atoms with E-state index in [1.807, 2.05) is 18.2 Å². The Morgan fingerprint density at radius 1 is 1.32 bits per heavy atom. The zero-order valence-corrected chi connectivity index (χ0v) is 11.2. The molecule has 2 aliphatic heterocycles. The zero-order chi connectivity index (χ0) is 13.4. The van der Waals surface area contributed by atoms with E-state index in [4.69, 9.17) is 0 Å². The van der Waals surface area contributed by atoms with Crippen LogP contribution in [0, 0.1) is 0 Å². The highest BCUT2D eigenvalue weighted by Gasteiger charge is 2.38. The van der Waals surface area contributed by atoms with E-state index in [1.165, 1.54) is 5.56 Å². The molecule has 0 saturated carbocycles. The van der Waals surface area contributed by atoms with Crippen LogP contribution in [0.5, 0.6) is 0 Å². The Kier molecular flexibility index (Phi) is 3.29. The van der Waals surface area contributed by atoms with Crippen molar-refractivity contribution in [2.45, 2.75) is 24.9 Å². The molecule has 1 fully saturated rings. The molecule has 0 radical (unpaired) electrons. The molecule has 102 valence electrons. The predicted molar refractivity (Wildman–Crippen MR) is 73.1 cm³/mol. The fraction of sp³-hybridized carbons (Fsp3) is 0.533. The van der Waals surface area contributed by atoms with E-state index in [9.17, 15) is 9.90 Å². The van der Waals surface area contributed by atoms with Gasteiger partial charge in [0.1, 0.15) is 6.04 Å². The fourth-order valence-corrected chi connectivity index (χ4v) is 3.44. The quantitative estimate of drug-likeness (QED) is 0.872. The Labute approximate surface area is 113 Å². The number of aliphatic carboxylic acids is 1. The van der Waals surface area contributed by atoms with Crippen molar-refractivity contribution in [1.29, 1.82) is 0 Å². The van der Waals surface area contributed by atoms with E-state index < -0.39 is 12.0 Å². The van der Waals surface area contributed by atoms with Gasteiger partial charge in [-0.3, -0.25) is 9.69 Å². The maximum Gasteiger partial charge on any atom is 0.325 e. The van der Waals surface area contributed by atoms with E-state index in [0.717, 1.165) is 38.0 Å². The lowest BCUT2D eigenvalue weighted by atomic mass is 9.91. The number of carboxylic acid groups (broad SMARTS) is 1. The SMILES string of the molecule is CN1CCC(N2CCc3ccccc3C2C(=O)O)C1. The van der Waals surface area contributed by atoms with E-state index in [2.05, 4.69) is 22.9 Å². The maximum absolute atomic E-state index is 11.7. The molecule has 0 aliphatic carbocycles. The number of benzene rings is 1. The molecule has 1 saturated heterocycles. The summed E-state index contributed by atoms with van der Waals surface area (Å²) in [6.45, 7) is 2.90. The highest BCUT2D eigenvalue weighted by Crippen LogP contribution is 2.33. The summed E-state index contributed by atoms with van der Waals surface area (Å²) in [6, 6.07) is 7.87. The monoisotopic (exact) mass is 260 g/mol. The summed E-state index contributed by atoms with van der Waals surface area (Å²) in [5.74, 6) is -0.721. The van der Waals surface area contributed by atoms with Crippen LogP contribution in [0.3, 0.4) is 0 Å². The van der Waals surface area contributed by atoms with Gasteiger partial charge < -0.3 is 10.0 Å². The molecule has 1 aromatic carbocycles. The van der Waals surface area contributed by atoms with Gasteiger partial charge in [-0.2, -0.15) is 0 Å². The maximum atomic E-state index is 11.7. The number of fused-ring (bicyclic) bond motifs is 1. The van der Waals surface area contributed by atoms with E-state index in [1.54, 1.807) is 0 Å². The van der Waals surface area contributed by atoms with Gasteiger partial charge in [0.15, 0.2) is 0 Å². The Morgan fingerprint density at radius 2 is 2.11 bits per heavy atom. The predicted octanol–water partition coefficient (Wildman–Crippen LogP) is 1.37. The van der Waals surface area contributed by atoms with Crippen LogP contribution >= 0.6 is 0 Å². The lowest BCUT2D eigenvalue weighted by Gasteiger charge is -2.38. The largest absolute Gasteiger partial charge is 0.480 e. The Bertz CT molecular complexity index is 489. The van der Waals surface area contributed by atoms with Crippen LogP contribution < -0.4 is 0 Å². The van der Waals surface area contributed by atoms with Gasteiger partial charge >= 0.3 is 5.97 Å². The van der Waals surface area contributed by atoms with Crippen molar-refractivity contribution < 1.29 is 9.90 Å². The van der Waals surface area contributed by atoms with Crippen molar-refractivity contribution in [2.24, 2.45) is 0 Å². The standard InChI is InChI=1S/C15H20N2O2/c1-16-8-7-12(10-16)17-9-6-11-4-2-3-5-13(11)14(17)15(18)19/h2-5,12,14H,6-10H2,1H3,(H,18,19). The molecule has 2 aliphatic rings. The van der Waals surface area contributed by atoms with Crippen molar-refractivity contribution in [3.63, 3.8) is 0 Å². The normalized spacial score (nSPS) is 28.3. The molecular weight excluding hydrogens is 240 g/mol. The number of hydrogen-bond donors (Lipinski definition) is 1. The van der Waals surface area contributed by atoms with Crippen LogP contribution in [0.25, 0.3) is 0 Å². The highest BCUT2D eigenvalue weighted by atomic mass is 16.4. The lowest BCUT2D eigenvalue weighted by Crippen LogP contribution is -2.46. The van der Waals surface area contributed by atoms with Gasteiger partial charge in [0.05, 0.1) is 0 Å². The first kappa shape index (κ1) is 12.6. The summed E-state index contributed by atoms with van der Waals surface area (Å²) in [5, 5.41) is 9.63. The van der Waals surface area contributed by atoms with Gasteiger partial charge in [-0.1, -0.05) is 24.3 Å². The molecule has 4 nitrogen and oxygen atoms in total. The first-order valence-corrected chi connectivity index (χ1v) is 6.91. The molecule has 3 rings (SSSR count). The van der Waals surface area contributed by atoms with Crippen LogP contribution in [-0.4, -0.2) is 53.6 Å². The third-order valence-corrected chi connectivity index (χ3v) is 4.39. The summed E-state index contributed by atoms with van der Waals surface area (Å²) in [6.07, 6.45) is 2.03. The van der Waals surface area contributed by atoms with Gasteiger partial charge in [-0.15, -0.1) is 0 Å². The first-order valence-electron chi connectivity index (χ1n) is 6.91. The second kappa shape index (κ2) is 4.94. The van der Waals surface area contributed by atoms with Crippen LogP contribution in [0.4, 0.5) is 0 Å². The number of hydrogen-bond acceptors (Lipinski definition) is 3. The Hall–Kier alpha value is -1.39. The molecule has 4 heteroatoms. The van der Waals surface area contributed by atoms with Gasteiger partial charge in [-0.05, 0) is 37.6 Å². The van der Waals surface area contributed by atoms with E-state index in [-0.39, 0.29) is 0 Å². The van der Waals surface area contributed by atoms with Crippen molar-refractivity contribution in [3.8, 4) is 0 Å². The third-order valence-electron chi connectivity index (χ3n) is 4.39. The molecule has 1 N–H and O–H groups in total. The number of likely N-dealkylation sites (N-methyl/N-ethyl adjacent to an activating group) is 1. The lowest BCUT2D eigenvalue weighted by molar-refractivity contribution is -0.145. The van der Waals surface area contributed by atoms with Crippen LogP contribution in [0.15, 0.2) is 24.3 Å². The minimum absolute atomic E-state index is 0.374. The summed E-state index contributed by atoms with van der Waals surface area (Å²) in [4.78, 5) is 16.2. The average molecular weight is 260 g/mol. The average Bonchev–Trinajstić information content (AvgIpc) is 2.83. The second-order valence-corrected chi connectivity index (χ2v) is 5.63. The molecular formula is C15H20N2O2. The third kappa shape index (κ3) is 2.26. The van der Waals surface area contributed by atoms with Crippen LogP contribution in [0.1, 0.15) is 23.6 Å². The van der Waals surface area contributed by atoms with Gasteiger partial charge in [0, 0.05) is 19.1 Å². The van der Waals surface area contributed by atoms with Gasteiger partial charge in [0.2, 0.25) is 0 Å². The molecule has 0 amide bonds. The Balaban J connectivity index is 1.92. The van der Waals surface area contributed by atoms with Crippen LogP contribution in [0.2, 0.25) is 0 Å². The number of rotatable bonds is 2. The summed E-state index contributed by atoms with van der Waals surface area (Å²) in [7, 11) is 2.10. The minimum Gasteiger partial charge on any atom is -0.480 e. The molecule has 2 atom stereocenters. The smallest absolute Gasteiger partial charge is 0.325 e. The molecule has 19 heavy (non-hydrogen) atoms. The van der Waals surface area contributed by atoms with E-state index >= 15 is 0 Å². The van der Waals surface area contributed by atoms with Gasteiger partial charge in [-0.25, -0.2) is 0 Å². The molecule has 1 aromatic rings. The number of carbonyl (C=O) groups is 1. The molecule has 2 heterocycles. The van der Waals surface area contributed by atoms with Crippen molar-refractivity contribution in [1.82, 2.24) is 9.80 Å².